The minimum Gasteiger partial charge on any atom is -0.390 e. The summed E-state index contributed by atoms with van der Waals surface area (Å²) in [6.45, 7) is 19.1. The van der Waals surface area contributed by atoms with Crippen LogP contribution < -0.4 is 0 Å². The van der Waals surface area contributed by atoms with Crippen LogP contribution in [0.2, 0.25) is 0 Å². The summed E-state index contributed by atoms with van der Waals surface area (Å²) in [5.74, 6) is 2.44. The van der Waals surface area contributed by atoms with E-state index in [1.54, 1.807) is 0 Å². The van der Waals surface area contributed by atoms with Crippen molar-refractivity contribution in [3.8, 4) is 0 Å². The molecule has 1 nitrogen and oxygen atoms in total. The summed E-state index contributed by atoms with van der Waals surface area (Å²) in [5.41, 5.74) is 2.62. The molecule has 0 amide bonds. The summed E-state index contributed by atoms with van der Waals surface area (Å²) < 4.78 is 0. The number of aliphatic hydroxyl groups is 1. The summed E-state index contributed by atoms with van der Waals surface area (Å²) in [6.07, 6.45) is 11.4. The Bertz CT molecular complexity index is 620. The molecule has 1 N–H and O–H groups in total. The standard InChI is InChI=1S/C25H42O/c1-17(2)18-9-12-25(7)20-8-11-21(3)16-22(4,26)14-15-23(21,5)19(20)10-13-24(18,25)6/h18-20,26H,1,8-16H2,2-7H3/t18-,19?,20-,21+,22-,23-,24-,25+/m1/s1. The average Bonchev–Trinajstić information content (AvgIpc) is 2.80. The lowest BCUT2D eigenvalue weighted by molar-refractivity contribution is -0.208. The van der Waals surface area contributed by atoms with Crippen molar-refractivity contribution in [1.29, 1.82) is 0 Å². The van der Waals surface area contributed by atoms with Crippen LogP contribution in [0.3, 0.4) is 0 Å². The maximum atomic E-state index is 10.8. The van der Waals surface area contributed by atoms with Crippen LogP contribution in [0.1, 0.15) is 99.3 Å². The highest BCUT2D eigenvalue weighted by Gasteiger charge is 2.68. The third kappa shape index (κ3) is 2.19. The van der Waals surface area contributed by atoms with Crippen LogP contribution in [0, 0.1) is 39.4 Å². The topological polar surface area (TPSA) is 20.2 Å². The van der Waals surface area contributed by atoms with Gasteiger partial charge in [-0.2, -0.15) is 0 Å². The smallest absolute Gasteiger partial charge is 0.0625 e. The zero-order valence-electron chi connectivity index (χ0n) is 18.3. The molecule has 0 aromatic rings. The first-order chi connectivity index (χ1) is 11.9. The number of hydrogen-bond acceptors (Lipinski definition) is 1. The molecule has 4 rings (SSSR count). The second-order valence-electron chi connectivity index (χ2n) is 12.2. The van der Waals surface area contributed by atoms with E-state index in [1.807, 2.05) is 0 Å². The monoisotopic (exact) mass is 358 g/mol. The van der Waals surface area contributed by atoms with Crippen LogP contribution in [0.4, 0.5) is 0 Å². The summed E-state index contributed by atoms with van der Waals surface area (Å²) in [7, 11) is 0. The Kier molecular flexibility index (Phi) is 3.95. The quantitative estimate of drug-likeness (QED) is 0.514. The summed E-state index contributed by atoms with van der Waals surface area (Å²) in [4.78, 5) is 0. The predicted molar refractivity (Wildman–Crippen MR) is 110 cm³/mol. The zero-order valence-corrected chi connectivity index (χ0v) is 18.3. The third-order valence-electron chi connectivity index (χ3n) is 11.1. The van der Waals surface area contributed by atoms with Crippen LogP contribution in [-0.4, -0.2) is 10.7 Å². The molecule has 1 unspecified atom stereocenters. The number of rotatable bonds is 1. The van der Waals surface area contributed by atoms with E-state index >= 15 is 0 Å². The number of fused-ring (bicyclic) bond motifs is 5. The molecular weight excluding hydrogens is 316 g/mol. The first-order valence-electron chi connectivity index (χ1n) is 11.3. The fraction of sp³-hybridized carbons (Fsp3) is 0.920. The molecule has 0 aliphatic heterocycles. The van der Waals surface area contributed by atoms with Crippen LogP contribution >= 0.6 is 0 Å². The van der Waals surface area contributed by atoms with Crippen molar-refractivity contribution in [1.82, 2.24) is 0 Å². The van der Waals surface area contributed by atoms with Gasteiger partial charge in [0, 0.05) is 0 Å². The molecule has 0 radical (unpaired) electrons. The highest BCUT2D eigenvalue weighted by atomic mass is 16.3. The second-order valence-corrected chi connectivity index (χ2v) is 12.2. The van der Waals surface area contributed by atoms with Gasteiger partial charge in [-0.25, -0.2) is 0 Å². The molecule has 4 saturated carbocycles. The molecule has 0 aromatic carbocycles. The molecule has 4 fully saturated rings. The Morgan fingerprint density at radius 2 is 1.35 bits per heavy atom. The van der Waals surface area contributed by atoms with Gasteiger partial charge in [-0.15, -0.1) is 0 Å². The van der Waals surface area contributed by atoms with Gasteiger partial charge in [0.15, 0.2) is 0 Å². The van der Waals surface area contributed by atoms with Crippen molar-refractivity contribution in [3.63, 3.8) is 0 Å². The first-order valence-corrected chi connectivity index (χ1v) is 11.3. The van der Waals surface area contributed by atoms with E-state index in [2.05, 4.69) is 48.1 Å². The van der Waals surface area contributed by atoms with Gasteiger partial charge >= 0.3 is 0 Å². The van der Waals surface area contributed by atoms with E-state index in [9.17, 15) is 5.11 Å². The van der Waals surface area contributed by atoms with Crippen LogP contribution in [0.15, 0.2) is 12.2 Å². The molecule has 0 saturated heterocycles. The molecule has 0 spiro atoms. The number of allylic oxidation sites excluding steroid dienone is 1. The maximum absolute atomic E-state index is 10.8. The highest BCUT2D eigenvalue weighted by molar-refractivity contribution is 5.20. The molecule has 26 heavy (non-hydrogen) atoms. The second kappa shape index (κ2) is 5.40. The molecule has 0 bridgehead atoms. The molecule has 4 aliphatic rings. The largest absolute Gasteiger partial charge is 0.390 e. The van der Waals surface area contributed by atoms with Crippen molar-refractivity contribution < 1.29 is 5.11 Å². The van der Waals surface area contributed by atoms with Gasteiger partial charge in [0.1, 0.15) is 0 Å². The minimum absolute atomic E-state index is 0.312. The zero-order chi connectivity index (χ0) is 19.2. The van der Waals surface area contributed by atoms with Gasteiger partial charge in [0.2, 0.25) is 0 Å². The van der Waals surface area contributed by atoms with Crippen molar-refractivity contribution >= 4 is 0 Å². The Morgan fingerprint density at radius 1 is 0.769 bits per heavy atom. The van der Waals surface area contributed by atoms with Gasteiger partial charge < -0.3 is 5.11 Å². The van der Waals surface area contributed by atoms with Crippen LogP contribution in [-0.2, 0) is 0 Å². The molecule has 0 heterocycles. The van der Waals surface area contributed by atoms with E-state index in [1.165, 1.54) is 50.5 Å². The lowest BCUT2D eigenvalue weighted by Gasteiger charge is -2.68. The van der Waals surface area contributed by atoms with Gasteiger partial charge in [-0.05, 0) is 111 Å². The molecular formula is C25H42O. The van der Waals surface area contributed by atoms with Crippen molar-refractivity contribution in [3.05, 3.63) is 12.2 Å². The van der Waals surface area contributed by atoms with E-state index < -0.39 is 5.60 Å². The molecule has 148 valence electrons. The first kappa shape index (κ1) is 19.0. The molecule has 1 heteroatoms. The van der Waals surface area contributed by atoms with Gasteiger partial charge in [0.05, 0.1) is 5.60 Å². The fourth-order valence-corrected chi connectivity index (χ4v) is 9.13. The van der Waals surface area contributed by atoms with Crippen molar-refractivity contribution in [2.24, 2.45) is 39.4 Å². The summed E-state index contributed by atoms with van der Waals surface area (Å²) in [6, 6.07) is 0. The van der Waals surface area contributed by atoms with E-state index in [4.69, 9.17) is 0 Å². The SMILES string of the molecule is C=C(C)[C@H]1CC[C@@]2(C)[C@@H]3CC[C@@]4(C)C[C@](C)(O)CC[C@]4(C)C3CC[C@]12C. The molecule has 4 aliphatic carbocycles. The van der Waals surface area contributed by atoms with Gasteiger partial charge in [-0.3, -0.25) is 0 Å². The maximum Gasteiger partial charge on any atom is 0.0625 e. The van der Waals surface area contributed by atoms with Crippen LogP contribution in [0.25, 0.3) is 0 Å². The Hall–Kier alpha value is -0.300. The normalized spacial score (nSPS) is 59.3. The summed E-state index contributed by atoms with van der Waals surface area (Å²) in [5, 5.41) is 10.8. The molecule has 0 aromatic heterocycles. The minimum atomic E-state index is -0.452. The van der Waals surface area contributed by atoms with Gasteiger partial charge in [0.25, 0.3) is 0 Å². The van der Waals surface area contributed by atoms with E-state index in [0.29, 0.717) is 21.7 Å². The van der Waals surface area contributed by atoms with E-state index in [-0.39, 0.29) is 0 Å². The molecule has 8 atom stereocenters. The van der Waals surface area contributed by atoms with E-state index in [0.717, 1.165) is 30.6 Å². The highest BCUT2D eigenvalue weighted by Crippen LogP contribution is 2.75. The lowest BCUT2D eigenvalue weighted by atomic mass is 9.36. The fourth-order valence-electron chi connectivity index (χ4n) is 9.13. The van der Waals surface area contributed by atoms with Crippen molar-refractivity contribution in [2.75, 3.05) is 0 Å². The average molecular weight is 359 g/mol. The Balaban J connectivity index is 1.71. The third-order valence-corrected chi connectivity index (χ3v) is 11.1. The van der Waals surface area contributed by atoms with Crippen LogP contribution in [0.5, 0.6) is 0 Å². The summed E-state index contributed by atoms with van der Waals surface area (Å²) >= 11 is 0. The lowest BCUT2D eigenvalue weighted by Crippen LogP contribution is -2.62. The Labute approximate surface area is 162 Å². The predicted octanol–water partition coefficient (Wildman–Crippen LogP) is 6.75. The van der Waals surface area contributed by atoms with Crippen molar-refractivity contribution in [2.45, 2.75) is 105 Å². The number of hydrogen-bond donors (Lipinski definition) is 1. The Morgan fingerprint density at radius 3 is 2.00 bits per heavy atom. The van der Waals surface area contributed by atoms with Gasteiger partial charge in [-0.1, -0.05) is 39.8 Å².